The second-order valence-corrected chi connectivity index (χ2v) is 6.05. The van der Waals surface area contributed by atoms with Crippen molar-refractivity contribution in [1.82, 2.24) is 19.9 Å². The molecule has 1 fully saturated rings. The lowest BCUT2D eigenvalue weighted by Crippen LogP contribution is -2.47. The smallest absolute Gasteiger partial charge is 0.225 e. The molecule has 0 N–H and O–H groups in total. The van der Waals surface area contributed by atoms with Gasteiger partial charge in [0.15, 0.2) is 0 Å². The van der Waals surface area contributed by atoms with E-state index >= 15 is 0 Å². The number of rotatable bonds is 3. The highest BCUT2D eigenvalue weighted by Crippen LogP contribution is 2.23. The van der Waals surface area contributed by atoms with Crippen LogP contribution in [-0.2, 0) is 0 Å². The molecule has 0 bridgehead atoms. The number of piperazine rings is 1. The molecule has 4 rings (SSSR count). The minimum atomic E-state index is 0.796. The molecular formula is C19H20N6. The van der Waals surface area contributed by atoms with E-state index < -0.39 is 0 Å². The summed E-state index contributed by atoms with van der Waals surface area (Å²) in [4.78, 5) is 22.4. The van der Waals surface area contributed by atoms with E-state index in [2.05, 4.69) is 47.9 Å². The van der Waals surface area contributed by atoms with E-state index in [9.17, 15) is 0 Å². The Morgan fingerprint density at radius 3 is 2.20 bits per heavy atom. The van der Waals surface area contributed by atoms with Crippen molar-refractivity contribution in [2.75, 3.05) is 36.0 Å². The summed E-state index contributed by atoms with van der Waals surface area (Å²) in [6, 6.07) is 14.2. The van der Waals surface area contributed by atoms with Gasteiger partial charge < -0.3 is 9.80 Å². The number of benzene rings is 1. The maximum Gasteiger partial charge on any atom is 0.225 e. The van der Waals surface area contributed by atoms with Gasteiger partial charge in [0, 0.05) is 50.2 Å². The van der Waals surface area contributed by atoms with E-state index in [1.54, 1.807) is 12.4 Å². The fourth-order valence-electron chi connectivity index (χ4n) is 3.06. The Morgan fingerprint density at radius 1 is 0.800 bits per heavy atom. The molecule has 1 aromatic carbocycles. The van der Waals surface area contributed by atoms with Crippen molar-refractivity contribution >= 4 is 11.8 Å². The molecule has 0 atom stereocenters. The summed E-state index contributed by atoms with van der Waals surface area (Å²) in [6.07, 6.45) is 3.57. The third-order valence-electron chi connectivity index (χ3n) is 4.33. The highest BCUT2D eigenvalue weighted by Gasteiger charge is 2.20. The summed E-state index contributed by atoms with van der Waals surface area (Å²) in [7, 11) is 0. The van der Waals surface area contributed by atoms with E-state index in [0.29, 0.717) is 0 Å². The van der Waals surface area contributed by atoms with E-state index in [4.69, 9.17) is 0 Å². The number of hydrogen-bond acceptors (Lipinski definition) is 6. The van der Waals surface area contributed by atoms with Crippen LogP contribution in [0.1, 0.15) is 5.82 Å². The van der Waals surface area contributed by atoms with Crippen LogP contribution in [0.25, 0.3) is 11.3 Å². The van der Waals surface area contributed by atoms with Gasteiger partial charge in [-0.1, -0.05) is 30.3 Å². The van der Waals surface area contributed by atoms with Gasteiger partial charge in [0.1, 0.15) is 11.6 Å². The highest BCUT2D eigenvalue weighted by molar-refractivity contribution is 5.63. The predicted octanol–water partition coefficient (Wildman–Crippen LogP) is 2.57. The van der Waals surface area contributed by atoms with Crippen LogP contribution >= 0.6 is 0 Å². The number of nitrogens with zero attached hydrogens (tertiary/aromatic N) is 6. The van der Waals surface area contributed by atoms with Gasteiger partial charge in [-0.05, 0) is 13.0 Å². The zero-order valence-corrected chi connectivity index (χ0v) is 14.2. The summed E-state index contributed by atoms with van der Waals surface area (Å²) >= 11 is 0. The number of hydrogen-bond donors (Lipinski definition) is 0. The molecule has 0 saturated carbocycles. The molecule has 6 heteroatoms. The lowest BCUT2D eigenvalue weighted by molar-refractivity contribution is 0.633. The summed E-state index contributed by atoms with van der Waals surface area (Å²) in [5, 5.41) is 0. The summed E-state index contributed by atoms with van der Waals surface area (Å²) < 4.78 is 0. The van der Waals surface area contributed by atoms with Crippen LogP contribution in [0.2, 0.25) is 0 Å². The molecule has 0 spiro atoms. The molecule has 2 aromatic heterocycles. The summed E-state index contributed by atoms with van der Waals surface area (Å²) in [5.74, 6) is 2.58. The van der Waals surface area contributed by atoms with Gasteiger partial charge >= 0.3 is 0 Å². The van der Waals surface area contributed by atoms with Crippen molar-refractivity contribution in [3.8, 4) is 11.3 Å². The predicted molar refractivity (Wildman–Crippen MR) is 98.7 cm³/mol. The van der Waals surface area contributed by atoms with Gasteiger partial charge in [0.2, 0.25) is 5.95 Å². The lowest BCUT2D eigenvalue weighted by atomic mass is 10.1. The fraction of sp³-hybridized carbons (Fsp3) is 0.263. The molecule has 1 aliphatic heterocycles. The second-order valence-electron chi connectivity index (χ2n) is 6.05. The molecule has 0 amide bonds. The average Bonchev–Trinajstić information content (AvgIpc) is 2.69. The molecule has 0 radical (unpaired) electrons. The Balaban J connectivity index is 1.52. The van der Waals surface area contributed by atoms with Crippen LogP contribution in [0, 0.1) is 6.92 Å². The number of anilines is 2. The van der Waals surface area contributed by atoms with Crippen molar-refractivity contribution < 1.29 is 0 Å². The average molecular weight is 332 g/mol. The Morgan fingerprint density at radius 2 is 1.48 bits per heavy atom. The molecule has 0 unspecified atom stereocenters. The molecule has 3 aromatic rings. The minimum absolute atomic E-state index is 0.796. The highest BCUT2D eigenvalue weighted by atomic mass is 15.3. The number of aryl methyl sites for hydroxylation is 1. The Hall–Kier alpha value is -3.02. The SMILES string of the molecule is Cc1nc(-c2ccccc2)cc(N2CCN(c3ncccn3)CC2)n1. The molecule has 25 heavy (non-hydrogen) atoms. The van der Waals surface area contributed by atoms with Crippen LogP contribution < -0.4 is 9.80 Å². The van der Waals surface area contributed by atoms with Gasteiger partial charge in [0.25, 0.3) is 0 Å². The lowest BCUT2D eigenvalue weighted by Gasteiger charge is -2.35. The van der Waals surface area contributed by atoms with Crippen LogP contribution in [0.4, 0.5) is 11.8 Å². The number of aromatic nitrogens is 4. The Kier molecular flexibility index (Phi) is 4.24. The largest absolute Gasteiger partial charge is 0.353 e. The van der Waals surface area contributed by atoms with Crippen molar-refractivity contribution in [1.29, 1.82) is 0 Å². The molecule has 0 aliphatic carbocycles. The third-order valence-corrected chi connectivity index (χ3v) is 4.33. The van der Waals surface area contributed by atoms with E-state index in [-0.39, 0.29) is 0 Å². The van der Waals surface area contributed by atoms with Crippen molar-refractivity contribution in [2.45, 2.75) is 6.92 Å². The van der Waals surface area contributed by atoms with Crippen molar-refractivity contribution in [3.63, 3.8) is 0 Å². The van der Waals surface area contributed by atoms with Gasteiger partial charge in [-0.3, -0.25) is 0 Å². The minimum Gasteiger partial charge on any atom is -0.353 e. The molecule has 126 valence electrons. The Labute approximate surface area is 147 Å². The summed E-state index contributed by atoms with van der Waals surface area (Å²) in [6.45, 7) is 5.50. The molecular weight excluding hydrogens is 312 g/mol. The Bertz CT molecular complexity index is 829. The first kappa shape index (κ1) is 15.5. The monoisotopic (exact) mass is 332 g/mol. The van der Waals surface area contributed by atoms with E-state index in [1.807, 2.05) is 31.2 Å². The van der Waals surface area contributed by atoms with Crippen LogP contribution in [-0.4, -0.2) is 46.1 Å². The summed E-state index contributed by atoms with van der Waals surface area (Å²) in [5.41, 5.74) is 2.09. The van der Waals surface area contributed by atoms with Gasteiger partial charge in [-0.25, -0.2) is 19.9 Å². The first-order valence-electron chi connectivity index (χ1n) is 8.47. The molecule has 1 saturated heterocycles. The molecule has 3 heterocycles. The maximum absolute atomic E-state index is 4.65. The normalized spacial score (nSPS) is 14.6. The molecule has 1 aliphatic rings. The quantitative estimate of drug-likeness (QED) is 0.735. The first-order valence-corrected chi connectivity index (χ1v) is 8.47. The van der Waals surface area contributed by atoms with E-state index in [1.165, 1.54) is 0 Å². The van der Waals surface area contributed by atoms with E-state index in [0.717, 1.165) is 55.0 Å². The first-order chi connectivity index (χ1) is 12.3. The third kappa shape index (κ3) is 3.42. The van der Waals surface area contributed by atoms with Gasteiger partial charge in [-0.2, -0.15) is 0 Å². The van der Waals surface area contributed by atoms with Crippen LogP contribution in [0.5, 0.6) is 0 Å². The van der Waals surface area contributed by atoms with Gasteiger partial charge in [0.05, 0.1) is 5.69 Å². The van der Waals surface area contributed by atoms with Crippen LogP contribution in [0.15, 0.2) is 54.9 Å². The zero-order chi connectivity index (χ0) is 17.1. The van der Waals surface area contributed by atoms with Gasteiger partial charge in [-0.15, -0.1) is 0 Å². The van der Waals surface area contributed by atoms with Crippen molar-refractivity contribution in [3.05, 3.63) is 60.7 Å². The maximum atomic E-state index is 4.65. The topological polar surface area (TPSA) is 58.0 Å². The fourth-order valence-corrected chi connectivity index (χ4v) is 3.06. The van der Waals surface area contributed by atoms with Crippen molar-refractivity contribution in [2.24, 2.45) is 0 Å². The zero-order valence-electron chi connectivity index (χ0n) is 14.2. The molecule has 6 nitrogen and oxygen atoms in total. The second kappa shape index (κ2) is 6.84. The van der Waals surface area contributed by atoms with Crippen LogP contribution in [0.3, 0.4) is 0 Å². The standard InChI is InChI=1S/C19H20N6/c1-15-22-17(16-6-3-2-4-7-16)14-18(23-15)24-10-12-25(13-11-24)19-20-8-5-9-21-19/h2-9,14H,10-13H2,1H3.